The molecule has 4 aromatic heterocycles. The first-order valence-corrected chi connectivity index (χ1v) is 11.3. The quantitative estimate of drug-likeness (QED) is 0.291. The van der Waals surface area contributed by atoms with Gasteiger partial charge in [-0.3, -0.25) is 0 Å². The van der Waals surface area contributed by atoms with Gasteiger partial charge >= 0.3 is 0 Å². The maximum Gasteiger partial charge on any atom is 0.158 e. The number of anilines is 2. The van der Waals surface area contributed by atoms with E-state index >= 15 is 0 Å². The Morgan fingerprint density at radius 2 is 1.97 bits per heavy atom. The van der Waals surface area contributed by atoms with Gasteiger partial charge in [-0.25, -0.2) is 14.6 Å². The standard InChI is InChI=1S/C23H24ClN9O/c1-3-33-23-17(12-30-33)20-16(11-28-23)21(26-7-6-15-10-25-13-29-15)31-32-22(20)27-9-14-4-5-19(34-2)18(24)8-14/h4-5,8,10-13H,3,6-7,9H2,1-2H3,(H,25,29)(H,26,31)(H,27,32). The van der Waals surface area contributed by atoms with Crippen LogP contribution in [-0.2, 0) is 19.5 Å². The Hall–Kier alpha value is -3.92. The Morgan fingerprint density at radius 3 is 2.74 bits per heavy atom. The van der Waals surface area contributed by atoms with Crippen LogP contribution in [0.4, 0.5) is 11.6 Å². The average Bonchev–Trinajstić information content (AvgIpc) is 3.53. The van der Waals surface area contributed by atoms with E-state index in [4.69, 9.17) is 16.3 Å². The van der Waals surface area contributed by atoms with Crippen LogP contribution in [-0.4, -0.2) is 48.6 Å². The average molecular weight is 478 g/mol. The number of imidazole rings is 1. The minimum Gasteiger partial charge on any atom is -0.495 e. The van der Waals surface area contributed by atoms with E-state index in [-0.39, 0.29) is 0 Å². The number of ether oxygens (including phenoxy) is 1. The van der Waals surface area contributed by atoms with Crippen molar-refractivity contribution >= 4 is 45.0 Å². The Balaban J connectivity index is 1.49. The number of nitrogens with one attached hydrogen (secondary N) is 3. The summed E-state index contributed by atoms with van der Waals surface area (Å²) in [5.41, 5.74) is 2.85. The Labute approximate surface area is 200 Å². The van der Waals surface area contributed by atoms with Crippen molar-refractivity contribution in [2.45, 2.75) is 26.4 Å². The van der Waals surface area contributed by atoms with Gasteiger partial charge in [-0.05, 0) is 24.6 Å². The summed E-state index contributed by atoms with van der Waals surface area (Å²) in [6.45, 7) is 3.96. The summed E-state index contributed by atoms with van der Waals surface area (Å²) in [7, 11) is 1.60. The molecule has 3 N–H and O–H groups in total. The first-order chi connectivity index (χ1) is 16.7. The maximum absolute atomic E-state index is 6.29. The summed E-state index contributed by atoms with van der Waals surface area (Å²) >= 11 is 6.29. The summed E-state index contributed by atoms with van der Waals surface area (Å²) in [4.78, 5) is 11.8. The van der Waals surface area contributed by atoms with Crippen LogP contribution in [0.3, 0.4) is 0 Å². The van der Waals surface area contributed by atoms with E-state index in [2.05, 4.69) is 40.9 Å². The van der Waals surface area contributed by atoms with Crippen LogP contribution in [0.15, 0.2) is 43.1 Å². The monoisotopic (exact) mass is 477 g/mol. The molecule has 0 fully saturated rings. The van der Waals surface area contributed by atoms with Crippen LogP contribution >= 0.6 is 11.6 Å². The molecule has 0 saturated carbocycles. The predicted molar refractivity (Wildman–Crippen MR) is 132 cm³/mol. The van der Waals surface area contributed by atoms with E-state index in [1.807, 2.05) is 48.4 Å². The highest BCUT2D eigenvalue weighted by Gasteiger charge is 2.16. The van der Waals surface area contributed by atoms with Crippen molar-refractivity contribution in [3.8, 4) is 5.75 Å². The molecule has 0 amide bonds. The van der Waals surface area contributed by atoms with Crippen molar-refractivity contribution in [1.29, 1.82) is 0 Å². The predicted octanol–water partition coefficient (Wildman–Crippen LogP) is 4.05. The fourth-order valence-corrected chi connectivity index (χ4v) is 4.17. The van der Waals surface area contributed by atoms with Crippen LogP contribution in [0.25, 0.3) is 21.8 Å². The van der Waals surface area contributed by atoms with Crippen molar-refractivity contribution in [3.63, 3.8) is 0 Å². The molecule has 10 nitrogen and oxygen atoms in total. The number of hydrogen-bond donors (Lipinski definition) is 3. The molecule has 0 spiro atoms. The van der Waals surface area contributed by atoms with Crippen LogP contribution < -0.4 is 15.4 Å². The number of hydrogen-bond acceptors (Lipinski definition) is 8. The van der Waals surface area contributed by atoms with Gasteiger partial charge in [0.25, 0.3) is 0 Å². The number of aromatic nitrogens is 7. The highest BCUT2D eigenvalue weighted by molar-refractivity contribution is 6.32. The molecule has 0 saturated heterocycles. The molecule has 4 heterocycles. The van der Waals surface area contributed by atoms with Gasteiger partial charge in [0.1, 0.15) is 5.75 Å². The molecule has 0 aliphatic carbocycles. The van der Waals surface area contributed by atoms with Gasteiger partial charge in [0.15, 0.2) is 17.3 Å². The third-order valence-electron chi connectivity index (χ3n) is 5.63. The molecular formula is C23H24ClN9O. The molecule has 0 unspecified atom stereocenters. The summed E-state index contributed by atoms with van der Waals surface area (Å²) in [5, 5.41) is 23.5. The smallest absolute Gasteiger partial charge is 0.158 e. The second-order valence-corrected chi connectivity index (χ2v) is 8.12. The third kappa shape index (κ3) is 4.19. The van der Waals surface area contributed by atoms with Crippen LogP contribution in [0.1, 0.15) is 18.2 Å². The topological polar surface area (TPSA) is 118 Å². The molecular weight excluding hydrogens is 454 g/mol. The normalized spacial score (nSPS) is 11.3. The van der Waals surface area contributed by atoms with Gasteiger partial charge in [-0.1, -0.05) is 17.7 Å². The second-order valence-electron chi connectivity index (χ2n) is 7.72. The van der Waals surface area contributed by atoms with Crippen molar-refractivity contribution in [3.05, 3.63) is 59.4 Å². The van der Waals surface area contributed by atoms with Crippen molar-refractivity contribution in [2.75, 3.05) is 24.3 Å². The second kappa shape index (κ2) is 9.52. The van der Waals surface area contributed by atoms with Crippen molar-refractivity contribution < 1.29 is 4.74 Å². The molecule has 0 aliphatic rings. The van der Waals surface area contributed by atoms with Gasteiger partial charge in [-0.2, -0.15) is 5.10 Å². The first-order valence-electron chi connectivity index (χ1n) is 11.0. The summed E-state index contributed by atoms with van der Waals surface area (Å²) in [5.74, 6) is 1.97. The van der Waals surface area contributed by atoms with Gasteiger partial charge in [0.05, 0.1) is 30.0 Å². The first kappa shape index (κ1) is 21.9. The van der Waals surface area contributed by atoms with E-state index in [0.717, 1.165) is 46.0 Å². The summed E-state index contributed by atoms with van der Waals surface area (Å²) in [6.07, 6.45) is 7.93. The lowest BCUT2D eigenvalue weighted by Crippen LogP contribution is -2.10. The van der Waals surface area contributed by atoms with E-state index in [9.17, 15) is 0 Å². The van der Waals surface area contributed by atoms with E-state index in [1.54, 1.807) is 13.4 Å². The summed E-state index contributed by atoms with van der Waals surface area (Å²) in [6, 6.07) is 5.69. The molecule has 11 heteroatoms. The molecule has 174 valence electrons. The maximum atomic E-state index is 6.29. The van der Waals surface area contributed by atoms with Gasteiger partial charge < -0.3 is 20.4 Å². The lowest BCUT2D eigenvalue weighted by molar-refractivity contribution is 0.415. The van der Waals surface area contributed by atoms with Gasteiger partial charge in [0.2, 0.25) is 0 Å². The number of aryl methyl sites for hydroxylation is 1. The number of aromatic amines is 1. The number of pyridine rings is 1. The SMILES string of the molecule is CCn1ncc2c3c(NCc4ccc(OC)c(Cl)c4)nnc(NCCc4cnc[nH]4)c3cnc21. The minimum atomic E-state index is 0.520. The fourth-order valence-electron chi connectivity index (χ4n) is 3.89. The van der Waals surface area contributed by atoms with Crippen LogP contribution in [0.5, 0.6) is 5.75 Å². The molecule has 34 heavy (non-hydrogen) atoms. The molecule has 0 bridgehead atoms. The lowest BCUT2D eigenvalue weighted by atomic mass is 10.1. The van der Waals surface area contributed by atoms with Crippen LogP contribution in [0.2, 0.25) is 5.02 Å². The number of fused-ring (bicyclic) bond motifs is 3. The Kier molecular flexibility index (Phi) is 6.13. The van der Waals surface area contributed by atoms with Crippen LogP contribution in [0, 0.1) is 0 Å². The number of H-pyrrole nitrogens is 1. The molecule has 1 aromatic carbocycles. The van der Waals surface area contributed by atoms with Crippen molar-refractivity contribution in [2.24, 2.45) is 0 Å². The van der Waals surface area contributed by atoms with E-state index in [0.29, 0.717) is 35.5 Å². The third-order valence-corrected chi connectivity index (χ3v) is 5.92. The lowest BCUT2D eigenvalue weighted by Gasteiger charge is -2.13. The number of methoxy groups -OCH3 is 1. The van der Waals surface area contributed by atoms with E-state index < -0.39 is 0 Å². The Morgan fingerprint density at radius 1 is 1.09 bits per heavy atom. The number of rotatable bonds is 9. The molecule has 0 radical (unpaired) electrons. The highest BCUT2D eigenvalue weighted by Crippen LogP contribution is 2.32. The fraction of sp³-hybridized carbons (Fsp3) is 0.261. The number of nitrogens with zero attached hydrogens (tertiary/aromatic N) is 6. The zero-order chi connectivity index (χ0) is 23.5. The molecule has 5 aromatic rings. The van der Waals surface area contributed by atoms with E-state index in [1.165, 1.54) is 0 Å². The largest absolute Gasteiger partial charge is 0.495 e. The summed E-state index contributed by atoms with van der Waals surface area (Å²) < 4.78 is 7.12. The molecule has 0 aliphatic heterocycles. The zero-order valence-electron chi connectivity index (χ0n) is 18.8. The zero-order valence-corrected chi connectivity index (χ0v) is 19.6. The molecule has 0 atom stereocenters. The van der Waals surface area contributed by atoms with Crippen molar-refractivity contribution in [1.82, 2.24) is 34.9 Å². The molecule has 5 rings (SSSR count). The minimum absolute atomic E-state index is 0.520. The van der Waals surface area contributed by atoms with Gasteiger partial charge in [-0.15, -0.1) is 10.2 Å². The van der Waals surface area contributed by atoms with Gasteiger partial charge in [0, 0.05) is 54.9 Å². The number of benzene rings is 1. The highest BCUT2D eigenvalue weighted by atomic mass is 35.5. The Bertz CT molecular complexity index is 1430. The number of halogens is 1.